The zero-order valence-corrected chi connectivity index (χ0v) is 19.1. The number of sulfonamides is 1. The van der Waals surface area contributed by atoms with Gasteiger partial charge in [0.05, 0.1) is 27.5 Å². The number of ether oxygens (including phenoxy) is 1. The van der Waals surface area contributed by atoms with E-state index in [2.05, 4.69) is 15.0 Å². The molecular formula is C23H21N3O4S2. The van der Waals surface area contributed by atoms with Gasteiger partial charge in [0.15, 0.2) is 5.13 Å². The Kier molecular flexibility index (Phi) is 6.11. The first-order chi connectivity index (χ1) is 15.4. The fourth-order valence-electron chi connectivity index (χ4n) is 3.10. The van der Waals surface area contributed by atoms with Crippen LogP contribution < -0.4 is 14.8 Å². The maximum absolute atomic E-state index is 13.0. The number of rotatable bonds is 7. The minimum absolute atomic E-state index is 0.118. The van der Waals surface area contributed by atoms with Crippen molar-refractivity contribution in [2.24, 2.45) is 0 Å². The van der Waals surface area contributed by atoms with Gasteiger partial charge in [-0.3, -0.25) is 14.8 Å². The molecule has 0 atom stereocenters. The van der Waals surface area contributed by atoms with Gasteiger partial charge in [0.25, 0.3) is 15.9 Å². The molecule has 0 saturated heterocycles. The summed E-state index contributed by atoms with van der Waals surface area (Å²) in [7, 11) is -3.85. The number of para-hydroxylation sites is 2. The molecule has 1 heterocycles. The van der Waals surface area contributed by atoms with Crippen molar-refractivity contribution in [2.75, 3.05) is 16.6 Å². The number of carbonyl (C=O) groups excluding carboxylic acids is 1. The van der Waals surface area contributed by atoms with E-state index in [-0.39, 0.29) is 16.1 Å². The maximum Gasteiger partial charge on any atom is 0.261 e. The van der Waals surface area contributed by atoms with Gasteiger partial charge in [-0.15, -0.1) is 0 Å². The Bertz CT molecular complexity index is 1380. The Morgan fingerprint density at radius 3 is 2.53 bits per heavy atom. The number of benzene rings is 3. The van der Waals surface area contributed by atoms with E-state index in [1.807, 2.05) is 32.0 Å². The quantitative estimate of drug-likeness (QED) is 0.396. The van der Waals surface area contributed by atoms with E-state index in [9.17, 15) is 13.2 Å². The van der Waals surface area contributed by atoms with E-state index < -0.39 is 15.9 Å². The maximum atomic E-state index is 13.0. The fourth-order valence-corrected chi connectivity index (χ4v) is 5.06. The van der Waals surface area contributed by atoms with Crippen LogP contribution in [0.3, 0.4) is 0 Å². The second-order valence-corrected chi connectivity index (χ2v) is 9.69. The first kappa shape index (κ1) is 21.8. The lowest BCUT2D eigenvalue weighted by Gasteiger charge is -2.12. The van der Waals surface area contributed by atoms with Crippen molar-refractivity contribution in [1.82, 2.24) is 4.98 Å². The average Bonchev–Trinajstić information content (AvgIpc) is 3.18. The highest BCUT2D eigenvalue weighted by Gasteiger charge is 2.20. The Labute approximate surface area is 190 Å². The summed E-state index contributed by atoms with van der Waals surface area (Å²) in [5.41, 5.74) is 1.99. The highest BCUT2D eigenvalue weighted by atomic mass is 32.2. The van der Waals surface area contributed by atoms with Crippen molar-refractivity contribution in [3.63, 3.8) is 0 Å². The molecule has 1 aromatic heterocycles. The molecule has 0 bridgehead atoms. The Balaban J connectivity index is 1.60. The molecule has 2 N–H and O–H groups in total. The van der Waals surface area contributed by atoms with Crippen molar-refractivity contribution in [2.45, 2.75) is 18.7 Å². The van der Waals surface area contributed by atoms with Gasteiger partial charge in [-0.05, 0) is 50.2 Å². The Morgan fingerprint density at radius 1 is 1.03 bits per heavy atom. The summed E-state index contributed by atoms with van der Waals surface area (Å²) in [5, 5.41) is 3.17. The highest BCUT2D eigenvalue weighted by Crippen LogP contribution is 2.33. The monoisotopic (exact) mass is 467 g/mol. The van der Waals surface area contributed by atoms with E-state index in [1.54, 1.807) is 36.4 Å². The van der Waals surface area contributed by atoms with E-state index in [4.69, 9.17) is 4.74 Å². The molecule has 1 amide bonds. The van der Waals surface area contributed by atoms with Crippen LogP contribution in [0.5, 0.6) is 5.75 Å². The number of aromatic nitrogens is 1. The predicted molar refractivity (Wildman–Crippen MR) is 127 cm³/mol. The summed E-state index contributed by atoms with van der Waals surface area (Å²) in [6.07, 6.45) is 0. The highest BCUT2D eigenvalue weighted by molar-refractivity contribution is 7.92. The number of amides is 1. The molecule has 9 heteroatoms. The van der Waals surface area contributed by atoms with Crippen molar-refractivity contribution in [3.05, 3.63) is 77.9 Å². The lowest BCUT2D eigenvalue weighted by atomic mass is 10.2. The smallest absolute Gasteiger partial charge is 0.261 e. The van der Waals surface area contributed by atoms with Gasteiger partial charge in [-0.2, -0.15) is 0 Å². The fraction of sp³-hybridized carbons (Fsp3) is 0.130. The summed E-state index contributed by atoms with van der Waals surface area (Å²) in [4.78, 5) is 17.6. The molecule has 7 nitrogen and oxygen atoms in total. The zero-order chi connectivity index (χ0) is 22.7. The van der Waals surface area contributed by atoms with Gasteiger partial charge in [0.1, 0.15) is 11.3 Å². The number of nitrogens with zero attached hydrogens (tertiary/aromatic N) is 1. The van der Waals surface area contributed by atoms with Crippen LogP contribution in [-0.2, 0) is 10.0 Å². The molecule has 164 valence electrons. The van der Waals surface area contributed by atoms with Crippen molar-refractivity contribution in [3.8, 4) is 5.75 Å². The molecule has 0 aliphatic heterocycles. The SMILES string of the molecule is CCOc1cccc2sc(NC(=O)c3ccccc3NS(=O)(=O)c3ccc(C)cc3)nc12. The first-order valence-corrected chi connectivity index (χ1v) is 12.2. The number of hydrogen-bond acceptors (Lipinski definition) is 6. The average molecular weight is 468 g/mol. The predicted octanol–water partition coefficient (Wildman–Crippen LogP) is 5.06. The van der Waals surface area contributed by atoms with E-state index in [1.165, 1.54) is 23.5 Å². The first-order valence-electron chi connectivity index (χ1n) is 9.89. The standard InChI is InChI=1S/C23H21N3O4S2/c1-3-30-19-9-6-10-20-21(19)24-23(31-20)25-22(27)17-7-4-5-8-18(17)26-32(28,29)16-13-11-15(2)12-14-16/h4-14,26H,3H2,1-2H3,(H,24,25,27). The van der Waals surface area contributed by atoms with Crippen LogP contribution in [0.25, 0.3) is 10.2 Å². The van der Waals surface area contributed by atoms with Gasteiger partial charge in [0.2, 0.25) is 0 Å². The van der Waals surface area contributed by atoms with Crippen LogP contribution >= 0.6 is 11.3 Å². The second-order valence-electron chi connectivity index (χ2n) is 6.97. The molecule has 4 rings (SSSR count). The van der Waals surface area contributed by atoms with Gasteiger partial charge in [-0.25, -0.2) is 13.4 Å². The van der Waals surface area contributed by atoms with Crippen LogP contribution in [-0.4, -0.2) is 25.9 Å². The number of thiazole rings is 1. The molecule has 0 unspecified atom stereocenters. The van der Waals surface area contributed by atoms with Crippen molar-refractivity contribution in [1.29, 1.82) is 0 Å². The summed E-state index contributed by atoms with van der Waals surface area (Å²) >= 11 is 1.32. The Morgan fingerprint density at radius 2 is 1.78 bits per heavy atom. The molecule has 4 aromatic rings. The summed E-state index contributed by atoms with van der Waals surface area (Å²) in [6, 6.07) is 18.5. The molecule has 32 heavy (non-hydrogen) atoms. The third-order valence-electron chi connectivity index (χ3n) is 4.65. The second kappa shape index (κ2) is 8.97. The van der Waals surface area contributed by atoms with Crippen molar-refractivity contribution >= 4 is 48.3 Å². The molecule has 0 aliphatic rings. The number of fused-ring (bicyclic) bond motifs is 1. The number of aryl methyl sites for hydroxylation is 1. The van der Waals surface area contributed by atoms with Crippen molar-refractivity contribution < 1.29 is 17.9 Å². The van der Waals surface area contributed by atoms with E-state index >= 15 is 0 Å². The van der Waals surface area contributed by atoms with E-state index in [0.717, 1.165) is 10.3 Å². The molecule has 0 radical (unpaired) electrons. The lowest BCUT2D eigenvalue weighted by Crippen LogP contribution is -2.18. The third kappa shape index (κ3) is 4.58. The zero-order valence-electron chi connectivity index (χ0n) is 17.5. The molecule has 0 saturated carbocycles. The van der Waals surface area contributed by atoms with Crippen LogP contribution in [0.1, 0.15) is 22.8 Å². The third-order valence-corrected chi connectivity index (χ3v) is 6.97. The lowest BCUT2D eigenvalue weighted by molar-refractivity contribution is 0.102. The van der Waals surface area contributed by atoms with Crippen LogP contribution in [0, 0.1) is 6.92 Å². The van der Waals surface area contributed by atoms with Crippen LogP contribution in [0.15, 0.2) is 71.6 Å². The molecule has 0 aliphatic carbocycles. The van der Waals surface area contributed by atoms with Gasteiger partial charge < -0.3 is 4.74 Å². The topological polar surface area (TPSA) is 97.4 Å². The van der Waals surface area contributed by atoms with Gasteiger partial charge in [-0.1, -0.05) is 47.2 Å². The molecular weight excluding hydrogens is 446 g/mol. The van der Waals surface area contributed by atoms with Crippen LogP contribution in [0.4, 0.5) is 10.8 Å². The normalized spacial score (nSPS) is 11.3. The molecule has 0 fully saturated rings. The van der Waals surface area contributed by atoms with Crippen LogP contribution in [0.2, 0.25) is 0 Å². The number of hydrogen-bond donors (Lipinski definition) is 2. The summed E-state index contributed by atoms with van der Waals surface area (Å²) in [6.45, 7) is 4.28. The molecule has 3 aromatic carbocycles. The van der Waals surface area contributed by atoms with Gasteiger partial charge in [0, 0.05) is 0 Å². The number of nitrogens with one attached hydrogen (secondary N) is 2. The number of carbonyl (C=O) groups is 1. The summed E-state index contributed by atoms with van der Waals surface area (Å²) < 4.78 is 34.6. The molecule has 0 spiro atoms. The minimum atomic E-state index is -3.85. The van der Waals surface area contributed by atoms with Gasteiger partial charge >= 0.3 is 0 Å². The Hall–Kier alpha value is -3.43. The number of anilines is 2. The summed E-state index contributed by atoms with van der Waals surface area (Å²) in [5.74, 6) is 0.178. The largest absolute Gasteiger partial charge is 0.492 e. The minimum Gasteiger partial charge on any atom is -0.492 e. The van der Waals surface area contributed by atoms with E-state index in [0.29, 0.717) is 23.0 Å².